The van der Waals surface area contributed by atoms with E-state index in [4.69, 9.17) is 27.9 Å². The van der Waals surface area contributed by atoms with E-state index in [9.17, 15) is 9.59 Å². The number of rotatable bonds is 7. The van der Waals surface area contributed by atoms with Crippen molar-refractivity contribution in [1.82, 2.24) is 5.32 Å². The van der Waals surface area contributed by atoms with Gasteiger partial charge in [0.05, 0.1) is 18.4 Å². The summed E-state index contributed by atoms with van der Waals surface area (Å²) in [6, 6.07) is 18.4. The topological polar surface area (TPSA) is 73.9 Å². The van der Waals surface area contributed by atoms with Gasteiger partial charge in [-0.15, -0.1) is 0 Å². The summed E-state index contributed by atoms with van der Waals surface area (Å²) in [5, 5.41) is 6.72. The van der Waals surface area contributed by atoms with Gasteiger partial charge in [-0.25, -0.2) is 0 Å². The molecule has 1 aliphatic carbocycles. The summed E-state index contributed by atoms with van der Waals surface area (Å²) in [5.74, 6) is 0.365. The average Bonchev–Trinajstić information content (AvgIpc) is 3.72. The Balaban J connectivity index is 1.36. The second-order valence-electron chi connectivity index (χ2n) is 9.24. The highest BCUT2D eigenvalue weighted by Crippen LogP contribution is 2.32. The van der Waals surface area contributed by atoms with Crippen molar-refractivity contribution in [2.24, 2.45) is 0 Å². The van der Waals surface area contributed by atoms with Gasteiger partial charge in [0.2, 0.25) is 0 Å². The van der Waals surface area contributed by atoms with Gasteiger partial charge in [0.25, 0.3) is 11.8 Å². The fraction of sp³-hybridized carbons (Fsp3) is 0.286. The third kappa shape index (κ3) is 5.95. The second kappa shape index (κ2) is 10.9. The lowest BCUT2D eigenvalue weighted by Gasteiger charge is -2.38. The fourth-order valence-corrected chi connectivity index (χ4v) is 5.06. The van der Waals surface area contributed by atoms with E-state index < -0.39 is 0 Å². The Morgan fingerprint density at radius 3 is 2.14 bits per heavy atom. The number of para-hydroxylation sites is 2. The average molecular weight is 539 g/mol. The molecule has 9 heteroatoms. The summed E-state index contributed by atoms with van der Waals surface area (Å²) in [6.45, 7) is 3.07. The van der Waals surface area contributed by atoms with Gasteiger partial charge < -0.3 is 25.2 Å². The summed E-state index contributed by atoms with van der Waals surface area (Å²) in [5.41, 5.74) is 3.33. The molecule has 0 radical (unpaired) electrons. The van der Waals surface area contributed by atoms with Crippen LogP contribution in [0.5, 0.6) is 5.75 Å². The maximum atomic E-state index is 13.2. The lowest BCUT2D eigenvalue weighted by atomic mass is 10.1. The van der Waals surface area contributed by atoms with Gasteiger partial charge in [-0.05, 0) is 61.4 Å². The van der Waals surface area contributed by atoms with E-state index >= 15 is 0 Å². The number of hydrogen-bond acceptors (Lipinski definition) is 5. The normalized spacial score (nSPS) is 15.3. The van der Waals surface area contributed by atoms with Crippen molar-refractivity contribution in [1.29, 1.82) is 0 Å². The first-order valence-electron chi connectivity index (χ1n) is 12.3. The van der Waals surface area contributed by atoms with Crippen molar-refractivity contribution < 1.29 is 14.3 Å². The molecule has 192 valence electrons. The van der Waals surface area contributed by atoms with E-state index in [2.05, 4.69) is 26.5 Å². The molecular weight excluding hydrogens is 511 g/mol. The SMILES string of the molecule is COc1ccccc1N1CCN(c2ccc(NC(=O)c3cc(Cl)cc(Cl)c3)cc2C(=O)NC2CC2)CC1. The highest BCUT2D eigenvalue weighted by atomic mass is 35.5. The number of carbonyl (C=O) groups is 2. The van der Waals surface area contributed by atoms with Crippen LogP contribution in [0.3, 0.4) is 0 Å². The lowest BCUT2D eigenvalue weighted by Crippen LogP contribution is -2.47. The molecule has 2 amide bonds. The quantitative estimate of drug-likeness (QED) is 0.417. The lowest BCUT2D eigenvalue weighted by molar-refractivity contribution is 0.0950. The van der Waals surface area contributed by atoms with Gasteiger partial charge in [-0.2, -0.15) is 0 Å². The number of methoxy groups -OCH3 is 1. The van der Waals surface area contributed by atoms with Crippen molar-refractivity contribution in [3.05, 3.63) is 81.8 Å². The van der Waals surface area contributed by atoms with Crippen molar-refractivity contribution in [3.8, 4) is 5.75 Å². The standard InChI is InChI=1S/C28H28Cl2N4O3/c1-37-26-5-3-2-4-25(26)34-12-10-33(11-13-34)24-9-8-22(17-23(24)28(36)31-21-6-7-21)32-27(35)18-14-19(29)16-20(30)15-18/h2-5,8-9,14-17,21H,6-7,10-13H2,1H3,(H,31,36)(H,32,35). The molecule has 1 aliphatic heterocycles. The van der Waals surface area contributed by atoms with E-state index in [0.29, 0.717) is 26.9 Å². The number of ether oxygens (including phenoxy) is 1. The highest BCUT2D eigenvalue weighted by molar-refractivity contribution is 6.35. The Labute approximate surface area is 226 Å². The molecule has 0 atom stereocenters. The van der Waals surface area contributed by atoms with Crippen LogP contribution in [-0.4, -0.2) is 51.1 Å². The number of amides is 2. The van der Waals surface area contributed by atoms with Crippen LogP contribution in [0.1, 0.15) is 33.6 Å². The molecular formula is C28H28Cl2N4O3. The Bertz CT molecular complexity index is 1300. The van der Waals surface area contributed by atoms with Crippen LogP contribution in [0.2, 0.25) is 10.0 Å². The number of hydrogen-bond donors (Lipinski definition) is 2. The van der Waals surface area contributed by atoms with Gasteiger partial charge in [0, 0.05) is 59.2 Å². The Kier molecular flexibility index (Phi) is 7.44. The highest BCUT2D eigenvalue weighted by Gasteiger charge is 2.28. The van der Waals surface area contributed by atoms with E-state index in [-0.39, 0.29) is 17.9 Å². The number of carbonyl (C=O) groups excluding carboxylic acids is 2. The van der Waals surface area contributed by atoms with Crippen LogP contribution in [0, 0.1) is 0 Å². The molecule has 7 nitrogen and oxygen atoms in total. The minimum absolute atomic E-state index is 0.133. The van der Waals surface area contributed by atoms with E-state index in [1.165, 1.54) is 0 Å². The van der Waals surface area contributed by atoms with Crippen LogP contribution in [-0.2, 0) is 0 Å². The predicted octanol–water partition coefficient (Wildman–Crippen LogP) is 5.47. The number of anilines is 3. The van der Waals surface area contributed by atoms with Gasteiger partial charge in [-0.1, -0.05) is 35.3 Å². The summed E-state index contributed by atoms with van der Waals surface area (Å²) < 4.78 is 5.54. The predicted molar refractivity (Wildman–Crippen MR) is 149 cm³/mol. The minimum Gasteiger partial charge on any atom is -0.495 e. The van der Waals surface area contributed by atoms with Crippen LogP contribution in [0.25, 0.3) is 0 Å². The zero-order valence-corrected chi connectivity index (χ0v) is 22.0. The van der Waals surface area contributed by atoms with Crippen LogP contribution in [0.15, 0.2) is 60.7 Å². The van der Waals surface area contributed by atoms with Crippen molar-refractivity contribution >= 4 is 52.1 Å². The van der Waals surface area contributed by atoms with Crippen molar-refractivity contribution in [2.45, 2.75) is 18.9 Å². The number of nitrogens with zero attached hydrogens (tertiary/aromatic N) is 2. The third-order valence-electron chi connectivity index (χ3n) is 6.58. The summed E-state index contributed by atoms with van der Waals surface area (Å²) in [7, 11) is 1.68. The molecule has 0 unspecified atom stereocenters. The fourth-order valence-electron chi connectivity index (χ4n) is 4.53. The Morgan fingerprint density at radius 1 is 0.838 bits per heavy atom. The molecule has 3 aromatic carbocycles. The van der Waals surface area contributed by atoms with Gasteiger partial charge >= 0.3 is 0 Å². The Morgan fingerprint density at radius 2 is 1.49 bits per heavy atom. The molecule has 5 rings (SSSR count). The van der Waals surface area contributed by atoms with Crippen LogP contribution < -0.4 is 25.2 Å². The smallest absolute Gasteiger partial charge is 0.255 e. The summed E-state index contributed by atoms with van der Waals surface area (Å²) in [6.07, 6.45) is 1.98. The monoisotopic (exact) mass is 538 g/mol. The number of piperazine rings is 1. The summed E-state index contributed by atoms with van der Waals surface area (Å²) in [4.78, 5) is 30.6. The van der Waals surface area contributed by atoms with Crippen LogP contribution >= 0.6 is 23.2 Å². The maximum absolute atomic E-state index is 13.2. The first-order chi connectivity index (χ1) is 17.9. The number of halogens is 2. The first kappa shape index (κ1) is 25.2. The van der Waals surface area contributed by atoms with E-state index in [1.807, 2.05) is 30.3 Å². The summed E-state index contributed by atoms with van der Waals surface area (Å²) >= 11 is 12.1. The Hall–Kier alpha value is -3.42. The largest absolute Gasteiger partial charge is 0.495 e. The number of nitrogens with one attached hydrogen (secondary N) is 2. The van der Waals surface area contributed by atoms with Gasteiger partial charge in [0.1, 0.15) is 5.75 Å². The molecule has 1 saturated carbocycles. The molecule has 2 N–H and O–H groups in total. The zero-order chi connectivity index (χ0) is 25.9. The third-order valence-corrected chi connectivity index (χ3v) is 7.02. The van der Waals surface area contributed by atoms with Crippen LogP contribution in [0.4, 0.5) is 17.1 Å². The maximum Gasteiger partial charge on any atom is 0.255 e. The molecule has 0 aromatic heterocycles. The second-order valence-corrected chi connectivity index (χ2v) is 10.1. The van der Waals surface area contributed by atoms with E-state index in [1.54, 1.807) is 31.4 Å². The molecule has 1 heterocycles. The molecule has 3 aromatic rings. The van der Waals surface area contributed by atoms with Crippen molar-refractivity contribution in [2.75, 3.05) is 48.4 Å². The molecule has 0 bridgehead atoms. The van der Waals surface area contributed by atoms with E-state index in [0.717, 1.165) is 56.1 Å². The molecule has 0 spiro atoms. The zero-order valence-electron chi connectivity index (χ0n) is 20.5. The van der Waals surface area contributed by atoms with Gasteiger partial charge in [0.15, 0.2) is 0 Å². The molecule has 37 heavy (non-hydrogen) atoms. The minimum atomic E-state index is -0.351. The molecule has 2 aliphatic rings. The molecule has 2 fully saturated rings. The molecule has 1 saturated heterocycles. The number of benzene rings is 3. The van der Waals surface area contributed by atoms with Gasteiger partial charge in [-0.3, -0.25) is 9.59 Å². The first-order valence-corrected chi connectivity index (χ1v) is 13.0. The van der Waals surface area contributed by atoms with Crippen molar-refractivity contribution in [3.63, 3.8) is 0 Å².